The van der Waals surface area contributed by atoms with Crippen LogP contribution >= 0.6 is 0 Å². The van der Waals surface area contributed by atoms with E-state index in [9.17, 15) is 14.4 Å². The second-order valence-electron chi connectivity index (χ2n) is 4.65. The van der Waals surface area contributed by atoms with Crippen LogP contribution in [0, 0.1) is 11.8 Å². The van der Waals surface area contributed by atoms with Crippen molar-refractivity contribution in [3.63, 3.8) is 0 Å². The highest BCUT2D eigenvalue weighted by molar-refractivity contribution is 5.90. The number of carbonyl (C=O) groups excluding carboxylic acids is 3. The van der Waals surface area contributed by atoms with E-state index in [0.29, 0.717) is 0 Å². The minimum absolute atomic E-state index is 0.0217. The van der Waals surface area contributed by atoms with Crippen LogP contribution < -0.4 is 5.32 Å². The Morgan fingerprint density at radius 1 is 1.06 bits per heavy atom. The molecule has 0 unspecified atom stereocenters. The Kier molecular flexibility index (Phi) is 5.93. The summed E-state index contributed by atoms with van der Waals surface area (Å²) in [6.45, 7) is 8.35. The molecule has 0 heterocycles. The molecule has 0 bridgehead atoms. The standard InChI is InChI=1S/C12H21NO3/c1-7(2)11(10(5)15)13-12(16)8(3)6-9(4)14/h7-8,11H,6H2,1-5H3,(H,13,16)/t8-,11-/m0/s1. The van der Waals surface area contributed by atoms with Gasteiger partial charge < -0.3 is 10.1 Å². The Hall–Kier alpha value is -1.19. The molecule has 0 spiro atoms. The summed E-state index contributed by atoms with van der Waals surface area (Å²) in [5.41, 5.74) is 0. The molecule has 2 atom stereocenters. The average molecular weight is 227 g/mol. The maximum absolute atomic E-state index is 11.7. The first-order valence-corrected chi connectivity index (χ1v) is 5.56. The van der Waals surface area contributed by atoms with E-state index in [1.54, 1.807) is 6.92 Å². The lowest BCUT2D eigenvalue weighted by Crippen LogP contribution is -2.45. The summed E-state index contributed by atoms with van der Waals surface area (Å²) in [6.07, 6.45) is 0.217. The summed E-state index contributed by atoms with van der Waals surface area (Å²) < 4.78 is 0. The van der Waals surface area contributed by atoms with E-state index in [0.717, 1.165) is 0 Å². The lowest BCUT2D eigenvalue weighted by Gasteiger charge is -2.21. The number of carbonyl (C=O) groups is 3. The molecule has 4 heteroatoms. The minimum atomic E-state index is -0.457. The zero-order valence-electron chi connectivity index (χ0n) is 10.7. The Bertz CT molecular complexity index is 284. The van der Waals surface area contributed by atoms with Crippen molar-refractivity contribution in [2.75, 3.05) is 0 Å². The van der Waals surface area contributed by atoms with Gasteiger partial charge in [0.05, 0.1) is 6.04 Å². The van der Waals surface area contributed by atoms with E-state index in [2.05, 4.69) is 5.32 Å². The maximum atomic E-state index is 11.7. The largest absolute Gasteiger partial charge is 0.346 e. The van der Waals surface area contributed by atoms with Gasteiger partial charge in [-0.05, 0) is 19.8 Å². The molecule has 1 N–H and O–H groups in total. The number of amides is 1. The Morgan fingerprint density at radius 3 is 1.88 bits per heavy atom. The predicted octanol–water partition coefficient (Wildman–Crippen LogP) is 1.33. The van der Waals surface area contributed by atoms with Crippen LogP contribution in [0.15, 0.2) is 0 Å². The van der Waals surface area contributed by atoms with Crippen molar-refractivity contribution in [1.82, 2.24) is 5.32 Å². The highest BCUT2D eigenvalue weighted by atomic mass is 16.2. The van der Waals surface area contributed by atoms with Crippen LogP contribution in [0.25, 0.3) is 0 Å². The molecule has 0 fully saturated rings. The molecule has 4 nitrogen and oxygen atoms in total. The lowest BCUT2D eigenvalue weighted by atomic mass is 9.98. The van der Waals surface area contributed by atoms with Crippen LogP contribution in [-0.4, -0.2) is 23.5 Å². The monoisotopic (exact) mass is 227 g/mol. The van der Waals surface area contributed by atoms with E-state index >= 15 is 0 Å². The van der Waals surface area contributed by atoms with Crippen molar-refractivity contribution >= 4 is 17.5 Å². The van der Waals surface area contributed by atoms with Gasteiger partial charge in [0.2, 0.25) is 5.91 Å². The normalized spacial score (nSPS) is 14.4. The quantitative estimate of drug-likeness (QED) is 0.744. The van der Waals surface area contributed by atoms with Crippen molar-refractivity contribution in [2.45, 2.75) is 47.1 Å². The zero-order chi connectivity index (χ0) is 12.9. The van der Waals surface area contributed by atoms with Crippen molar-refractivity contribution < 1.29 is 14.4 Å². The zero-order valence-corrected chi connectivity index (χ0v) is 10.7. The van der Waals surface area contributed by atoms with Crippen LogP contribution in [-0.2, 0) is 14.4 Å². The highest BCUT2D eigenvalue weighted by Crippen LogP contribution is 2.07. The van der Waals surface area contributed by atoms with Gasteiger partial charge in [-0.25, -0.2) is 0 Å². The summed E-state index contributed by atoms with van der Waals surface area (Å²) >= 11 is 0. The molecule has 0 aliphatic heterocycles. The molecule has 0 saturated heterocycles. The molecular formula is C12H21NO3. The number of Topliss-reactive ketones (excluding diaryl/α,β-unsaturated/α-hetero) is 2. The molecule has 0 saturated carbocycles. The molecule has 0 rings (SSSR count). The molecule has 92 valence electrons. The molecule has 0 aromatic rings. The van der Waals surface area contributed by atoms with E-state index in [-0.39, 0.29) is 35.7 Å². The van der Waals surface area contributed by atoms with Gasteiger partial charge in [0, 0.05) is 12.3 Å². The molecule has 16 heavy (non-hydrogen) atoms. The molecule has 0 aliphatic rings. The Labute approximate surface area is 96.8 Å². The van der Waals surface area contributed by atoms with Crippen LogP contribution in [0.5, 0.6) is 0 Å². The SMILES string of the molecule is CC(=O)C[C@H](C)C(=O)N[C@H](C(C)=O)C(C)C. The van der Waals surface area contributed by atoms with Gasteiger partial charge >= 0.3 is 0 Å². The Morgan fingerprint density at radius 2 is 1.56 bits per heavy atom. The van der Waals surface area contributed by atoms with Gasteiger partial charge in [-0.15, -0.1) is 0 Å². The van der Waals surface area contributed by atoms with Crippen molar-refractivity contribution in [3.8, 4) is 0 Å². The van der Waals surface area contributed by atoms with Gasteiger partial charge in [-0.3, -0.25) is 9.59 Å². The van der Waals surface area contributed by atoms with Crippen LogP contribution in [0.4, 0.5) is 0 Å². The number of hydrogen-bond acceptors (Lipinski definition) is 3. The summed E-state index contributed by atoms with van der Waals surface area (Å²) in [5.74, 6) is -0.627. The number of rotatable bonds is 6. The van der Waals surface area contributed by atoms with E-state index in [4.69, 9.17) is 0 Å². The van der Waals surface area contributed by atoms with Crippen molar-refractivity contribution in [1.29, 1.82) is 0 Å². The van der Waals surface area contributed by atoms with Crippen LogP contribution in [0.1, 0.15) is 41.0 Å². The van der Waals surface area contributed by atoms with Gasteiger partial charge in [0.1, 0.15) is 5.78 Å². The van der Waals surface area contributed by atoms with Gasteiger partial charge in [0.15, 0.2) is 5.78 Å². The maximum Gasteiger partial charge on any atom is 0.223 e. The van der Waals surface area contributed by atoms with Crippen LogP contribution in [0.3, 0.4) is 0 Å². The summed E-state index contributed by atoms with van der Waals surface area (Å²) in [5, 5.41) is 2.68. The second-order valence-corrected chi connectivity index (χ2v) is 4.65. The average Bonchev–Trinajstić information content (AvgIpc) is 2.11. The summed E-state index contributed by atoms with van der Waals surface area (Å²) in [6, 6.07) is -0.457. The third kappa shape index (κ3) is 5.05. The smallest absolute Gasteiger partial charge is 0.223 e. The van der Waals surface area contributed by atoms with Gasteiger partial charge in [0.25, 0.3) is 0 Å². The number of hydrogen-bond donors (Lipinski definition) is 1. The number of ketones is 2. The molecule has 1 amide bonds. The van der Waals surface area contributed by atoms with E-state index < -0.39 is 6.04 Å². The van der Waals surface area contributed by atoms with Gasteiger partial charge in [-0.1, -0.05) is 20.8 Å². The highest BCUT2D eigenvalue weighted by Gasteiger charge is 2.23. The summed E-state index contributed by atoms with van der Waals surface area (Å²) in [4.78, 5) is 33.8. The van der Waals surface area contributed by atoms with E-state index in [1.807, 2.05) is 13.8 Å². The van der Waals surface area contributed by atoms with Crippen LogP contribution in [0.2, 0.25) is 0 Å². The lowest BCUT2D eigenvalue weighted by molar-refractivity contribution is -0.131. The minimum Gasteiger partial charge on any atom is -0.346 e. The molecule has 0 radical (unpaired) electrons. The van der Waals surface area contributed by atoms with E-state index in [1.165, 1.54) is 13.8 Å². The molecular weight excluding hydrogens is 206 g/mol. The van der Waals surface area contributed by atoms with Gasteiger partial charge in [-0.2, -0.15) is 0 Å². The fourth-order valence-electron chi connectivity index (χ4n) is 1.56. The topological polar surface area (TPSA) is 63.2 Å². The van der Waals surface area contributed by atoms with Crippen molar-refractivity contribution in [2.24, 2.45) is 11.8 Å². The van der Waals surface area contributed by atoms with Crippen molar-refractivity contribution in [3.05, 3.63) is 0 Å². The first-order valence-electron chi connectivity index (χ1n) is 5.56. The fourth-order valence-corrected chi connectivity index (χ4v) is 1.56. The molecule has 0 aliphatic carbocycles. The first kappa shape index (κ1) is 14.8. The third-order valence-corrected chi connectivity index (χ3v) is 2.44. The number of nitrogens with one attached hydrogen (secondary N) is 1. The Balaban J connectivity index is 4.40. The third-order valence-electron chi connectivity index (χ3n) is 2.44. The molecule has 0 aromatic carbocycles. The second kappa shape index (κ2) is 6.40. The molecule has 0 aromatic heterocycles. The summed E-state index contributed by atoms with van der Waals surface area (Å²) in [7, 11) is 0. The fraction of sp³-hybridized carbons (Fsp3) is 0.750. The predicted molar refractivity (Wildman–Crippen MR) is 61.9 cm³/mol. The first-order chi connectivity index (χ1) is 7.25.